The van der Waals surface area contributed by atoms with Crippen LogP contribution in [0.15, 0.2) is 23.0 Å². The molecule has 2 atom stereocenters. The van der Waals surface area contributed by atoms with Gasteiger partial charge in [-0.25, -0.2) is 0 Å². The van der Waals surface area contributed by atoms with E-state index in [1.807, 2.05) is 0 Å². The van der Waals surface area contributed by atoms with Crippen LogP contribution in [0, 0.1) is 5.92 Å². The molecule has 0 fully saturated rings. The highest BCUT2D eigenvalue weighted by Gasteiger charge is 2.54. The van der Waals surface area contributed by atoms with Crippen LogP contribution in [-0.2, 0) is 9.59 Å². The second kappa shape index (κ2) is 5.89. The molecule has 0 spiro atoms. The molecular weight excluding hydrogens is 260 g/mol. The van der Waals surface area contributed by atoms with E-state index in [4.69, 9.17) is 0 Å². The van der Waals surface area contributed by atoms with Crippen LogP contribution in [-0.4, -0.2) is 38.6 Å². The lowest BCUT2D eigenvalue weighted by atomic mass is 9.93. The normalized spacial score (nSPS) is 26.4. The van der Waals surface area contributed by atoms with E-state index in [2.05, 4.69) is 0 Å². The van der Waals surface area contributed by atoms with Crippen molar-refractivity contribution < 1.29 is 24.9 Å². The highest BCUT2D eigenvalue weighted by Crippen LogP contribution is 2.36. The van der Waals surface area contributed by atoms with Crippen LogP contribution in [0.1, 0.15) is 40.5 Å². The molecule has 20 heavy (non-hydrogen) atoms. The van der Waals surface area contributed by atoms with Crippen LogP contribution in [0.3, 0.4) is 0 Å². The standard InChI is InChI=1S/C15H22O5/c1-8(2)5-6-15(20)13(18)11(12(17)14(15)19)10(16)7-9(3)4/h5,9,14,18-20H,6-7H2,1-4H3. The molecule has 0 aromatic carbocycles. The van der Waals surface area contributed by atoms with Gasteiger partial charge in [-0.3, -0.25) is 9.59 Å². The average molecular weight is 282 g/mol. The van der Waals surface area contributed by atoms with Crippen molar-refractivity contribution in [2.45, 2.75) is 52.2 Å². The van der Waals surface area contributed by atoms with Crippen molar-refractivity contribution in [2.75, 3.05) is 0 Å². The van der Waals surface area contributed by atoms with Crippen LogP contribution in [0.2, 0.25) is 0 Å². The van der Waals surface area contributed by atoms with Crippen LogP contribution in [0.5, 0.6) is 0 Å². The number of ketones is 2. The lowest BCUT2D eigenvalue weighted by Gasteiger charge is -2.24. The molecular formula is C15H22O5. The summed E-state index contributed by atoms with van der Waals surface area (Å²) in [5.74, 6) is -2.15. The summed E-state index contributed by atoms with van der Waals surface area (Å²) >= 11 is 0. The van der Waals surface area contributed by atoms with Gasteiger partial charge in [-0.15, -0.1) is 0 Å². The van der Waals surface area contributed by atoms with Crippen LogP contribution in [0.25, 0.3) is 0 Å². The Morgan fingerprint density at radius 1 is 1.40 bits per heavy atom. The Morgan fingerprint density at radius 3 is 2.40 bits per heavy atom. The zero-order chi connectivity index (χ0) is 15.7. The minimum Gasteiger partial charge on any atom is -0.508 e. The fourth-order valence-corrected chi connectivity index (χ4v) is 2.13. The van der Waals surface area contributed by atoms with Gasteiger partial charge >= 0.3 is 0 Å². The second-order valence-electron chi connectivity index (χ2n) is 5.92. The predicted molar refractivity (Wildman–Crippen MR) is 74.1 cm³/mol. The van der Waals surface area contributed by atoms with Gasteiger partial charge in [-0.05, 0) is 19.8 Å². The Kier molecular flexibility index (Phi) is 4.89. The van der Waals surface area contributed by atoms with Crippen LogP contribution in [0.4, 0.5) is 0 Å². The summed E-state index contributed by atoms with van der Waals surface area (Å²) in [6.45, 7) is 7.19. The van der Waals surface area contributed by atoms with Crippen molar-refractivity contribution in [1.29, 1.82) is 0 Å². The summed E-state index contributed by atoms with van der Waals surface area (Å²) in [6.07, 6.45) is -0.240. The molecule has 5 heteroatoms. The van der Waals surface area contributed by atoms with Gasteiger partial charge in [0.2, 0.25) is 5.78 Å². The van der Waals surface area contributed by atoms with Crippen molar-refractivity contribution in [3.63, 3.8) is 0 Å². The highest BCUT2D eigenvalue weighted by molar-refractivity contribution is 6.24. The van der Waals surface area contributed by atoms with E-state index < -0.39 is 34.6 Å². The molecule has 0 aromatic heterocycles. The van der Waals surface area contributed by atoms with Crippen molar-refractivity contribution in [1.82, 2.24) is 0 Å². The Bertz CT molecular complexity index is 482. The zero-order valence-corrected chi connectivity index (χ0v) is 12.3. The smallest absolute Gasteiger partial charge is 0.201 e. The van der Waals surface area contributed by atoms with Gasteiger partial charge in [0.1, 0.15) is 11.3 Å². The van der Waals surface area contributed by atoms with Gasteiger partial charge in [-0.2, -0.15) is 0 Å². The summed E-state index contributed by atoms with van der Waals surface area (Å²) < 4.78 is 0. The third-order valence-electron chi connectivity index (χ3n) is 3.29. The first-order valence-corrected chi connectivity index (χ1v) is 6.66. The van der Waals surface area contributed by atoms with E-state index in [0.717, 1.165) is 5.57 Å². The maximum absolute atomic E-state index is 12.0. The van der Waals surface area contributed by atoms with Crippen molar-refractivity contribution in [2.24, 2.45) is 5.92 Å². The largest absolute Gasteiger partial charge is 0.508 e. The third kappa shape index (κ3) is 2.99. The minimum atomic E-state index is -2.10. The number of allylic oxidation sites excluding steroid dienone is 1. The van der Waals surface area contributed by atoms with Crippen molar-refractivity contribution in [3.05, 3.63) is 23.0 Å². The second-order valence-corrected chi connectivity index (χ2v) is 5.92. The zero-order valence-electron chi connectivity index (χ0n) is 12.3. The summed E-state index contributed by atoms with van der Waals surface area (Å²) in [5, 5.41) is 30.2. The first kappa shape index (κ1) is 16.6. The van der Waals surface area contributed by atoms with Gasteiger partial charge < -0.3 is 15.3 Å². The molecule has 0 radical (unpaired) electrons. The van der Waals surface area contributed by atoms with E-state index >= 15 is 0 Å². The fraction of sp³-hybridized carbons (Fsp3) is 0.600. The lowest BCUT2D eigenvalue weighted by Crippen LogP contribution is -2.43. The lowest BCUT2D eigenvalue weighted by molar-refractivity contribution is -0.133. The molecule has 112 valence electrons. The highest BCUT2D eigenvalue weighted by atomic mass is 16.4. The number of carbonyl (C=O) groups excluding carboxylic acids is 2. The van der Waals surface area contributed by atoms with Crippen LogP contribution >= 0.6 is 0 Å². The van der Waals surface area contributed by atoms with Crippen LogP contribution < -0.4 is 0 Å². The Hall–Kier alpha value is -1.46. The Labute approximate surface area is 118 Å². The average Bonchev–Trinajstić information content (AvgIpc) is 2.48. The monoisotopic (exact) mass is 282 g/mol. The number of Topliss-reactive ketones (excluding diaryl/α,β-unsaturated/α-hetero) is 2. The van der Waals surface area contributed by atoms with E-state index in [9.17, 15) is 24.9 Å². The molecule has 0 saturated carbocycles. The Morgan fingerprint density at radius 2 is 1.95 bits per heavy atom. The number of hydrogen-bond acceptors (Lipinski definition) is 5. The SMILES string of the molecule is CC(C)=CCC1(O)C(O)=C(C(=O)CC(C)C)C(=O)C1O. The molecule has 1 rings (SSSR count). The van der Waals surface area contributed by atoms with Crippen molar-refractivity contribution >= 4 is 11.6 Å². The number of aliphatic hydroxyl groups excluding tert-OH is 2. The molecule has 0 aliphatic heterocycles. The number of aliphatic hydroxyl groups is 3. The van der Waals surface area contributed by atoms with Gasteiger partial charge in [0.25, 0.3) is 0 Å². The summed E-state index contributed by atoms with van der Waals surface area (Å²) in [7, 11) is 0. The Balaban J connectivity index is 3.17. The van der Waals surface area contributed by atoms with Crippen molar-refractivity contribution in [3.8, 4) is 0 Å². The molecule has 3 N–H and O–H groups in total. The number of carbonyl (C=O) groups is 2. The van der Waals surface area contributed by atoms with E-state index in [-0.39, 0.29) is 18.8 Å². The van der Waals surface area contributed by atoms with E-state index in [0.29, 0.717) is 0 Å². The molecule has 0 bridgehead atoms. The maximum Gasteiger partial charge on any atom is 0.201 e. The minimum absolute atomic E-state index is 0.0132. The van der Waals surface area contributed by atoms with Gasteiger partial charge in [0.15, 0.2) is 17.5 Å². The van der Waals surface area contributed by atoms with Gasteiger partial charge in [0, 0.05) is 12.8 Å². The summed E-state index contributed by atoms with van der Waals surface area (Å²) in [6, 6.07) is 0. The van der Waals surface area contributed by atoms with Gasteiger partial charge in [0.05, 0.1) is 0 Å². The molecule has 0 aromatic rings. The predicted octanol–water partition coefficient (Wildman–Crippen LogP) is 1.44. The van der Waals surface area contributed by atoms with Gasteiger partial charge in [-0.1, -0.05) is 25.5 Å². The topological polar surface area (TPSA) is 94.8 Å². The maximum atomic E-state index is 12.0. The number of hydrogen-bond donors (Lipinski definition) is 3. The fourth-order valence-electron chi connectivity index (χ4n) is 2.13. The number of rotatable bonds is 5. The molecule has 0 heterocycles. The molecule has 0 amide bonds. The van der Waals surface area contributed by atoms with E-state index in [1.165, 1.54) is 0 Å². The molecule has 5 nitrogen and oxygen atoms in total. The molecule has 1 aliphatic carbocycles. The first-order valence-electron chi connectivity index (χ1n) is 6.66. The third-order valence-corrected chi connectivity index (χ3v) is 3.29. The summed E-state index contributed by atoms with van der Waals surface area (Å²) in [4.78, 5) is 23.9. The molecule has 0 saturated heterocycles. The molecule has 2 unspecified atom stereocenters. The first-order chi connectivity index (χ1) is 9.11. The molecule has 1 aliphatic rings. The quantitative estimate of drug-likeness (QED) is 0.524. The summed E-state index contributed by atoms with van der Waals surface area (Å²) in [5.41, 5.74) is -1.69. The van der Waals surface area contributed by atoms with E-state index in [1.54, 1.807) is 33.8 Å².